The zero-order chi connectivity index (χ0) is 17.7. The topological polar surface area (TPSA) is 65.1 Å². The van der Waals surface area contributed by atoms with Crippen LogP contribution in [-0.4, -0.2) is 32.8 Å². The number of hydrogen-bond acceptors (Lipinski definition) is 5. The van der Waals surface area contributed by atoms with Gasteiger partial charge in [0.15, 0.2) is 6.79 Å². The number of ether oxygens (including phenoxy) is 3. The van der Waals surface area contributed by atoms with Gasteiger partial charge in [0.1, 0.15) is 12.4 Å². The van der Waals surface area contributed by atoms with E-state index in [0.717, 1.165) is 16.3 Å². The Balaban J connectivity index is 2.66. The van der Waals surface area contributed by atoms with Crippen molar-refractivity contribution >= 4 is 28.3 Å². The summed E-state index contributed by atoms with van der Waals surface area (Å²) in [5, 5.41) is 1.72. The van der Waals surface area contributed by atoms with E-state index in [1.807, 2.05) is 24.3 Å². The number of esters is 1. The van der Waals surface area contributed by atoms with Gasteiger partial charge in [-0.2, -0.15) is 0 Å². The number of carbonyl (C=O) groups is 2. The fourth-order valence-corrected chi connectivity index (χ4v) is 2.42. The molecule has 0 aliphatic carbocycles. The van der Waals surface area contributed by atoms with Crippen LogP contribution in [0.4, 0.5) is 5.69 Å². The molecule has 0 spiro atoms. The first-order valence-corrected chi connectivity index (χ1v) is 7.49. The van der Waals surface area contributed by atoms with Crippen molar-refractivity contribution in [1.82, 2.24) is 0 Å². The number of nitrogens with zero attached hydrogens (tertiary/aromatic N) is 1. The van der Waals surface area contributed by atoms with Crippen molar-refractivity contribution in [3.8, 4) is 5.75 Å². The fourth-order valence-electron chi connectivity index (χ4n) is 2.42. The van der Waals surface area contributed by atoms with Crippen molar-refractivity contribution in [3.05, 3.63) is 35.9 Å². The van der Waals surface area contributed by atoms with Crippen LogP contribution >= 0.6 is 0 Å². The largest absolute Gasteiger partial charge is 0.467 e. The SMILES string of the molecule is COCOc1cc(N(C)C(C)=O)c(COC(C)=O)c2ccccc12. The highest BCUT2D eigenvalue weighted by molar-refractivity contribution is 6.00. The molecule has 6 nitrogen and oxygen atoms in total. The van der Waals surface area contributed by atoms with Crippen molar-refractivity contribution in [2.45, 2.75) is 20.5 Å². The molecule has 24 heavy (non-hydrogen) atoms. The second kappa shape index (κ2) is 7.79. The van der Waals surface area contributed by atoms with Crippen molar-refractivity contribution in [1.29, 1.82) is 0 Å². The van der Waals surface area contributed by atoms with E-state index in [-0.39, 0.29) is 25.3 Å². The van der Waals surface area contributed by atoms with Crippen LogP contribution in [0.25, 0.3) is 10.8 Å². The molecule has 0 N–H and O–H groups in total. The van der Waals surface area contributed by atoms with E-state index in [2.05, 4.69) is 0 Å². The van der Waals surface area contributed by atoms with E-state index >= 15 is 0 Å². The van der Waals surface area contributed by atoms with Gasteiger partial charge >= 0.3 is 5.97 Å². The predicted molar refractivity (Wildman–Crippen MR) is 91.0 cm³/mol. The Hall–Kier alpha value is -2.60. The van der Waals surface area contributed by atoms with E-state index in [1.165, 1.54) is 18.7 Å². The van der Waals surface area contributed by atoms with Gasteiger partial charge in [-0.25, -0.2) is 0 Å². The van der Waals surface area contributed by atoms with Crippen molar-refractivity contribution in [3.63, 3.8) is 0 Å². The zero-order valence-corrected chi connectivity index (χ0v) is 14.3. The standard InChI is InChI=1S/C18H21NO5/c1-12(20)19(3)17-9-18(24-11-22-4)15-8-6-5-7-14(15)16(17)10-23-13(2)21/h5-9H,10-11H2,1-4H3. The number of amides is 1. The summed E-state index contributed by atoms with van der Waals surface area (Å²) in [4.78, 5) is 24.6. The van der Waals surface area contributed by atoms with Crippen LogP contribution in [-0.2, 0) is 25.7 Å². The van der Waals surface area contributed by atoms with Gasteiger partial charge in [0, 0.05) is 45.0 Å². The van der Waals surface area contributed by atoms with Crippen molar-refractivity contribution < 1.29 is 23.8 Å². The van der Waals surface area contributed by atoms with Gasteiger partial charge in [-0.15, -0.1) is 0 Å². The number of fused-ring (bicyclic) bond motifs is 1. The maximum absolute atomic E-state index is 11.8. The van der Waals surface area contributed by atoms with Gasteiger partial charge in [0.25, 0.3) is 0 Å². The van der Waals surface area contributed by atoms with Crippen LogP contribution in [0.15, 0.2) is 30.3 Å². The third kappa shape index (κ3) is 3.83. The van der Waals surface area contributed by atoms with Gasteiger partial charge in [0.2, 0.25) is 5.91 Å². The van der Waals surface area contributed by atoms with E-state index < -0.39 is 0 Å². The van der Waals surface area contributed by atoms with E-state index in [1.54, 1.807) is 20.2 Å². The molecular weight excluding hydrogens is 310 g/mol. The first-order valence-electron chi connectivity index (χ1n) is 7.49. The van der Waals surface area contributed by atoms with Gasteiger partial charge < -0.3 is 19.1 Å². The van der Waals surface area contributed by atoms with Gasteiger partial charge in [0.05, 0.1) is 5.69 Å². The number of hydrogen-bond donors (Lipinski definition) is 0. The lowest BCUT2D eigenvalue weighted by Gasteiger charge is -2.22. The number of rotatable bonds is 6. The molecule has 0 saturated carbocycles. The highest BCUT2D eigenvalue weighted by Gasteiger charge is 2.18. The number of anilines is 1. The molecule has 0 heterocycles. The Kier molecular flexibility index (Phi) is 5.76. The summed E-state index contributed by atoms with van der Waals surface area (Å²) in [6.45, 7) is 3.00. The highest BCUT2D eigenvalue weighted by atomic mass is 16.7. The molecule has 2 aromatic carbocycles. The summed E-state index contributed by atoms with van der Waals surface area (Å²) in [7, 11) is 3.21. The first-order chi connectivity index (χ1) is 11.5. The molecule has 0 saturated heterocycles. The molecule has 2 rings (SSSR count). The minimum absolute atomic E-state index is 0.0767. The summed E-state index contributed by atoms with van der Waals surface area (Å²) in [6.07, 6.45) is 0. The summed E-state index contributed by atoms with van der Waals surface area (Å²) in [5.41, 5.74) is 1.39. The van der Waals surface area contributed by atoms with Crippen LogP contribution < -0.4 is 9.64 Å². The second-order valence-electron chi connectivity index (χ2n) is 5.33. The highest BCUT2D eigenvalue weighted by Crippen LogP contribution is 2.36. The summed E-state index contributed by atoms with van der Waals surface area (Å²) < 4.78 is 15.8. The number of carbonyl (C=O) groups excluding carboxylic acids is 2. The first kappa shape index (κ1) is 17.7. The summed E-state index contributed by atoms with van der Waals surface area (Å²) in [5.74, 6) is 0.0874. The Morgan fingerprint density at radius 3 is 2.38 bits per heavy atom. The molecule has 0 atom stereocenters. The van der Waals surface area contributed by atoms with Crippen LogP contribution in [0.5, 0.6) is 5.75 Å². The van der Waals surface area contributed by atoms with E-state index in [4.69, 9.17) is 14.2 Å². The van der Waals surface area contributed by atoms with E-state index in [0.29, 0.717) is 11.4 Å². The average molecular weight is 331 g/mol. The second-order valence-corrected chi connectivity index (χ2v) is 5.33. The van der Waals surface area contributed by atoms with Gasteiger partial charge in [-0.05, 0) is 5.39 Å². The van der Waals surface area contributed by atoms with Crippen LogP contribution in [0, 0.1) is 0 Å². The molecular formula is C18H21NO5. The molecule has 0 fully saturated rings. The monoisotopic (exact) mass is 331 g/mol. The lowest BCUT2D eigenvalue weighted by molar-refractivity contribution is -0.142. The maximum atomic E-state index is 11.8. The third-order valence-electron chi connectivity index (χ3n) is 3.68. The molecule has 0 radical (unpaired) electrons. The molecule has 2 aromatic rings. The summed E-state index contributed by atoms with van der Waals surface area (Å²) in [6, 6.07) is 9.37. The van der Waals surface area contributed by atoms with Crippen molar-refractivity contribution in [2.24, 2.45) is 0 Å². The van der Waals surface area contributed by atoms with Crippen LogP contribution in [0.1, 0.15) is 19.4 Å². The molecule has 128 valence electrons. The fraction of sp³-hybridized carbons (Fsp3) is 0.333. The van der Waals surface area contributed by atoms with Crippen LogP contribution in [0.2, 0.25) is 0 Å². The Bertz CT molecular complexity index is 756. The number of benzene rings is 2. The molecule has 0 unspecified atom stereocenters. The lowest BCUT2D eigenvalue weighted by atomic mass is 10.0. The smallest absolute Gasteiger partial charge is 0.302 e. The van der Waals surface area contributed by atoms with Gasteiger partial charge in [-0.1, -0.05) is 24.3 Å². The Labute approximate surface area is 140 Å². The quantitative estimate of drug-likeness (QED) is 0.601. The molecule has 0 aromatic heterocycles. The van der Waals surface area contributed by atoms with Gasteiger partial charge in [-0.3, -0.25) is 9.59 Å². The average Bonchev–Trinajstić information content (AvgIpc) is 2.57. The molecule has 0 aliphatic rings. The van der Waals surface area contributed by atoms with E-state index in [9.17, 15) is 9.59 Å². The minimum atomic E-state index is -0.379. The molecule has 0 bridgehead atoms. The predicted octanol–water partition coefficient (Wildman–Crippen LogP) is 2.87. The van der Waals surface area contributed by atoms with Crippen LogP contribution in [0.3, 0.4) is 0 Å². The summed E-state index contributed by atoms with van der Waals surface area (Å²) >= 11 is 0. The maximum Gasteiger partial charge on any atom is 0.302 e. The normalized spacial score (nSPS) is 10.5. The zero-order valence-electron chi connectivity index (χ0n) is 14.3. The molecule has 6 heteroatoms. The van der Waals surface area contributed by atoms with Crippen molar-refractivity contribution in [2.75, 3.05) is 25.9 Å². The lowest BCUT2D eigenvalue weighted by Crippen LogP contribution is -2.24. The third-order valence-corrected chi connectivity index (χ3v) is 3.68. The Morgan fingerprint density at radius 2 is 1.79 bits per heavy atom. The molecule has 0 aliphatic heterocycles. The molecule has 1 amide bonds. The minimum Gasteiger partial charge on any atom is -0.467 e. The Morgan fingerprint density at radius 1 is 1.12 bits per heavy atom. The number of methoxy groups -OCH3 is 1.